The second-order valence-electron chi connectivity index (χ2n) is 5.94. The predicted octanol–water partition coefficient (Wildman–Crippen LogP) is 2.19. The van der Waals surface area contributed by atoms with E-state index in [0.717, 1.165) is 18.4 Å². The molecule has 1 aromatic carbocycles. The lowest BCUT2D eigenvalue weighted by Crippen LogP contribution is -2.30. The normalized spacial score (nSPS) is 20.8. The van der Waals surface area contributed by atoms with Crippen LogP contribution in [0.25, 0.3) is 0 Å². The van der Waals surface area contributed by atoms with E-state index in [1.54, 1.807) is 6.92 Å². The molecule has 2 rings (SSSR count). The smallest absolute Gasteiger partial charge is 0.375 e. The summed E-state index contributed by atoms with van der Waals surface area (Å²) in [5.74, 6) is -0.128. The zero-order valence-electron chi connectivity index (χ0n) is 14.2. The van der Waals surface area contributed by atoms with Crippen LogP contribution < -0.4 is 5.32 Å². The molecule has 0 spiro atoms. The zero-order chi connectivity index (χ0) is 19.8. The fourth-order valence-corrected chi connectivity index (χ4v) is 4.40. The van der Waals surface area contributed by atoms with Gasteiger partial charge in [-0.2, -0.15) is 13.2 Å². The van der Waals surface area contributed by atoms with E-state index >= 15 is 0 Å². The Kier molecular flexibility index (Phi) is 5.74. The average Bonchev–Trinajstić information content (AvgIpc) is 2.87. The number of amidine groups is 1. The maximum absolute atomic E-state index is 13.3. The quantitative estimate of drug-likeness (QED) is 0.823. The monoisotopic (exact) mass is 410 g/mol. The van der Waals surface area contributed by atoms with Crippen LogP contribution in [0.2, 0.25) is 0 Å². The molecule has 1 aliphatic heterocycles. The molecule has 0 saturated carbocycles. The number of carbonyl (C=O) groups excluding carboxylic acids is 1. The van der Waals surface area contributed by atoms with Crippen LogP contribution in [-0.4, -0.2) is 45.2 Å². The van der Waals surface area contributed by atoms with Gasteiger partial charge in [0, 0.05) is 19.1 Å². The Morgan fingerprint density at radius 3 is 2.62 bits per heavy atom. The van der Waals surface area contributed by atoms with Crippen molar-refractivity contribution in [2.24, 2.45) is 4.99 Å². The second-order valence-corrected chi connectivity index (χ2v) is 8.89. The first-order chi connectivity index (χ1) is 11.9. The van der Waals surface area contributed by atoms with Crippen LogP contribution in [0.1, 0.15) is 18.1 Å². The van der Waals surface area contributed by atoms with Gasteiger partial charge in [-0.05, 0) is 24.6 Å². The number of sulfone groups is 1. The van der Waals surface area contributed by atoms with Crippen molar-refractivity contribution < 1.29 is 31.1 Å². The average molecular weight is 410 g/mol. The summed E-state index contributed by atoms with van der Waals surface area (Å²) in [4.78, 5) is 15.1. The Morgan fingerprint density at radius 1 is 1.42 bits per heavy atom. The SMILES string of the molecule is COCC(=O)NC1=N[C@@](C)(c2ccc(S(C)(=O)=O)c(C(F)(F)F)c2)CS1. The molecule has 0 unspecified atom stereocenters. The van der Waals surface area contributed by atoms with Gasteiger partial charge in [0.2, 0.25) is 0 Å². The predicted molar refractivity (Wildman–Crippen MR) is 91.8 cm³/mol. The number of alkyl halides is 3. The first-order valence-electron chi connectivity index (χ1n) is 7.30. The molecule has 1 N–H and O–H groups in total. The number of benzene rings is 1. The Balaban J connectivity index is 2.43. The third-order valence-electron chi connectivity index (χ3n) is 3.67. The molecule has 144 valence electrons. The largest absolute Gasteiger partial charge is 0.417 e. The van der Waals surface area contributed by atoms with Crippen molar-refractivity contribution in [2.45, 2.75) is 23.5 Å². The van der Waals surface area contributed by atoms with E-state index in [1.165, 1.54) is 24.9 Å². The number of nitrogens with zero attached hydrogens (tertiary/aromatic N) is 1. The molecule has 0 fully saturated rings. The van der Waals surface area contributed by atoms with E-state index < -0.39 is 37.9 Å². The van der Waals surface area contributed by atoms with Crippen molar-refractivity contribution >= 4 is 32.7 Å². The second kappa shape index (κ2) is 7.20. The highest BCUT2D eigenvalue weighted by atomic mass is 32.2. The maximum Gasteiger partial charge on any atom is 0.417 e. The highest BCUT2D eigenvalue weighted by molar-refractivity contribution is 8.14. The number of methoxy groups -OCH3 is 1. The Hall–Kier alpha value is -1.59. The number of hydrogen-bond donors (Lipinski definition) is 1. The maximum atomic E-state index is 13.3. The number of aliphatic imine (C=N–C) groups is 1. The number of rotatable bonds is 4. The Morgan fingerprint density at radius 2 is 2.08 bits per heavy atom. The standard InChI is InChI=1S/C15H17F3N2O4S2/c1-14(8-25-13(20-14)19-12(21)7-24-2)9-4-5-11(26(3,22)23)10(6-9)15(16,17)18/h4-6H,7-8H2,1-3H3,(H,19,20,21)/t14-/m1/s1. The van der Waals surface area contributed by atoms with Gasteiger partial charge < -0.3 is 10.1 Å². The Labute approximate surface area is 153 Å². The number of ether oxygens (including phenoxy) is 1. The van der Waals surface area contributed by atoms with Gasteiger partial charge in [0.25, 0.3) is 5.91 Å². The minimum absolute atomic E-state index is 0.169. The molecule has 1 amide bonds. The summed E-state index contributed by atoms with van der Waals surface area (Å²) in [6.45, 7) is 1.45. The van der Waals surface area contributed by atoms with Gasteiger partial charge in [0.05, 0.1) is 16.0 Å². The first-order valence-corrected chi connectivity index (χ1v) is 10.2. The van der Waals surface area contributed by atoms with E-state index in [4.69, 9.17) is 4.74 Å². The number of amides is 1. The fourth-order valence-electron chi connectivity index (χ4n) is 2.41. The molecule has 0 aliphatic carbocycles. The van der Waals surface area contributed by atoms with Gasteiger partial charge in [-0.25, -0.2) is 8.42 Å². The lowest BCUT2D eigenvalue weighted by molar-refractivity contribution is -0.140. The van der Waals surface area contributed by atoms with Gasteiger partial charge >= 0.3 is 6.18 Å². The molecule has 1 heterocycles. The molecular formula is C15H17F3N2O4S2. The van der Waals surface area contributed by atoms with Gasteiger partial charge in [0.1, 0.15) is 6.61 Å². The number of carbonyl (C=O) groups is 1. The summed E-state index contributed by atoms with van der Waals surface area (Å²) in [6, 6.07) is 3.07. The van der Waals surface area contributed by atoms with Crippen molar-refractivity contribution in [1.82, 2.24) is 5.32 Å². The molecule has 0 bridgehead atoms. The van der Waals surface area contributed by atoms with Crippen LogP contribution in [-0.2, 0) is 31.1 Å². The topological polar surface area (TPSA) is 84.8 Å². The van der Waals surface area contributed by atoms with Crippen molar-refractivity contribution in [3.05, 3.63) is 29.3 Å². The third-order valence-corrected chi connectivity index (χ3v) is 5.99. The lowest BCUT2D eigenvalue weighted by Gasteiger charge is -2.22. The molecule has 0 aromatic heterocycles. The fraction of sp³-hybridized carbons (Fsp3) is 0.467. The van der Waals surface area contributed by atoms with Gasteiger partial charge in [-0.1, -0.05) is 17.8 Å². The zero-order valence-corrected chi connectivity index (χ0v) is 15.8. The molecule has 26 heavy (non-hydrogen) atoms. The van der Waals surface area contributed by atoms with Crippen molar-refractivity contribution in [2.75, 3.05) is 25.7 Å². The van der Waals surface area contributed by atoms with Crippen molar-refractivity contribution in [3.63, 3.8) is 0 Å². The van der Waals surface area contributed by atoms with Gasteiger partial charge in [-0.15, -0.1) is 0 Å². The highest BCUT2D eigenvalue weighted by Crippen LogP contribution is 2.41. The van der Waals surface area contributed by atoms with E-state index in [9.17, 15) is 26.4 Å². The number of thioether (sulfide) groups is 1. The molecule has 11 heteroatoms. The molecule has 1 aliphatic rings. The number of hydrogen-bond acceptors (Lipinski definition) is 6. The Bertz CT molecular complexity index is 853. The van der Waals surface area contributed by atoms with Crippen molar-refractivity contribution in [1.29, 1.82) is 0 Å². The number of nitrogens with one attached hydrogen (secondary N) is 1. The molecule has 1 aromatic rings. The van der Waals surface area contributed by atoms with Gasteiger partial charge in [0.15, 0.2) is 15.0 Å². The first kappa shape index (κ1) is 20.7. The van der Waals surface area contributed by atoms with Crippen LogP contribution in [0.4, 0.5) is 13.2 Å². The molecule has 1 atom stereocenters. The number of halogens is 3. The van der Waals surface area contributed by atoms with E-state index in [2.05, 4.69) is 10.3 Å². The summed E-state index contributed by atoms with van der Waals surface area (Å²) in [5.41, 5.74) is -2.05. The van der Waals surface area contributed by atoms with E-state index in [0.29, 0.717) is 5.75 Å². The minimum Gasteiger partial charge on any atom is -0.375 e. The highest BCUT2D eigenvalue weighted by Gasteiger charge is 2.40. The summed E-state index contributed by atoms with van der Waals surface area (Å²) in [5, 5.41) is 2.79. The van der Waals surface area contributed by atoms with Crippen LogP contribution in [0.15, 0.2) is 28.1 Å². The van der Waals surface area contributed by atoms with Crippen LogP contribution in [0.5, 0.6) is 0 Å². The van der Waals surface area contributed by atoms with Crippen molar-refractivity contribution in [3.8, 4) is 0 Å². The summed E-state index contributed by atoms with van der Waals surface area (Å²) < 4.78 is 68.0. The van der Waals surface area contributed by atoms with Crippen LogP contribution in [0.3, 0.4) is 0 Å². The van der Waals surface area contributed by atoms with E-state index in [-0.39, 0.29) is 17.3 Å². The van der Waals surface area contributed by atoms with Gasteiger partial charge in [-0.3, -0.25) is 9.79 Å². The lowest BCUT2D eigenvalue weighted by atomic mass is 9.93. The van der Waals surface area contributed by atoms with Crippen LogP contribution >= 0.6 is 11.8 Å². The van der Waals surface area contributed by atoms with E-state index in [1.807, 2.05) is 0 Å². The molecule has 6 nitrogen and oxygen atoms in total. The summed E-state index contributed by atoms with van der Waals surface area (Å²) >= 11 is 1.18. The molecule has 0 radical (unpaired) electrons. The summed E-state index contributed by atoms with van der Waals surface area (Å²) in [6.07, 6.45) is -4.10. The third kappa shape index (κ3) is 4.57. The summed E-state index contributed by atoms with van der Waals surface area (Å²) in [7, 11) is -2.69. The molecular weight excluding hydrogens is 393 g/mol. The minimum atomic E-state index is -4.82. The molecule has 0 saturated heterocycles. The van der Waals surface area contributed by atoms with Crippen LogP contribution in [0, 0.1) is 0 Å².